The first-order chi connectivity index (χ1) is 8.47. The van der Waals surface area contributed by atoms with Crippen molar-refractivity contribution in [2.24, 2.45) is 5.73 Å². The Morgan fingerprint density at radius 1 is 1.28 bits per heavy atom. The van der Waals surface area contributed by atoms with Crippen molar-refractivity contribution in [3.05, 3.63) is 35.0 Å². The lowest BCUT2D eigenvalue weighted by Crippen LogP contribution is -2.16. The van der Waals surface area contributed by atoms with Gasteiger partial charge >= 0.3 is 0 Å². The van der Waals surface area contributed by atoms with Crippen LogP contribution in [0.1, 0.15) is 56.5 Å². The van der Waals surface area contributed by atoms with E-state index < -0.39 is 0 Å². The number of aromatic amines is 1. The van der Waals surface area contributed by atoms with Gasteiger partial charge in [0.15, 0.2) is 0 Å². The Morgan fingerprint density at radius 3 is 2.78 bits per heavy atom. The van der Waals surface area contributed by atoms with Crippen molar-refractivity contribution in [3.8, 4) is 0 Å². The van der Waals surface area contributed by atoms with Crippen molar-refractivity contribution < 1.29 is 0 Å². The van der Waals surface area contributed by atoms with Gasteiger partial charge < -0.3 is 10.7 Å². The smallest absolute Gasteiger partial charge is 0.0459 e. The standard InChI is InChI=1S/C16H22N2/c1-16(2,3)10-7-8-14-12(9-10)11-5-4-6-13(17)15(11)18-14/h7-9,13,18H,4-6,17H2,1-3H3. The highest BCUT2D eigenvalue weighted by atomic mass is 14.8. The first kappa shape index (κ1) is 11.8. The van der Waals surface area contributed by atoms with Crippen LogP contribution in [0.4, 0.5) is 0 Å². The molecule has 1 aromatic carbocycles. The molecule has 2 aromatic rings. The maximum absolute atomic E-state index is 6.20. The van der Waals surface area contributed by atoms with E-state index in [9.17, 15) is 0 Å². The van der Waals surface area contributed by atoms with E-state index in [0.717, 1.165) is 12.8 Å². The zero-order chi connectivity index (χ0) is 12.9. The molecule has 96 valence electrons. The lowest BCUT2D eigenvalue weighted by atomic mass is 9.85. The molecule has 0 bridgehead atoms. The molecule has 18 heavy (non-hydrogen) atoms. The third-order valence-corrected chi connectivity index (χ3v) is 4.12. The predicted molar refractivity (Wildman–Crippen MR) is 76.9 cm³/mol. The summed E-state index contributed by atoms with van der Waals surface area (Å²) in [6.45, 7) is 6.79. The second kappa shape index (κ2) is 3.86. The fourth-order valence-electron chi connectivity index (χ4n) is 2.96. The summed E-state index contributed by atoms with van der Waals surface area (Å²) in [7, 11) is 0. The van der Waals surface area contributed by atoms with E-state index in [0.29, 0.717) is 0 Å². The summed E-state index contributed by atoms with van der Waals surface area (Å²) >= 11 is 0. The Balaban J connectivity index is 2.22. The Labute approximate surface area is 109 Å². The number of H-pyrrole nitrogens is 1. The second-order valence-corrected chi connectivity index (χ2v) is 6.53. The summed E-state index contributed by atoms with van der Waals surface area (Å²) in [4.78, 5) is 3.52. The summed E-state index contributed by atoms with van der Waals surface area (Å²) in [6.07, 6.45) is 3.48. The molecule has 0 aliphatic heterocycles. The molecule has 1 heterocycles. The molecule has 0 radical (unpaired) electrons. The number of nitrogens with one attached hydrogen (secondary N) is 1. The minimum absolute atomic E-state index is 0.194. The highest BCUT2D eigenvalue weighted by Crippen LogP contribution is 2.35. The predicted octanol–water partition coefficient (Wildman–Crippen LogP) is 3.80. The van der Waals surface area contributed by atoms with E-state index in [1.165, 1.54) is 34.1 Å². The number of aryl methyl sites for hydroxylation is 1. The number of aromatic nitrogens is 1. The highest BCUT2D eigenvalue weighted by Gasteiger charge is 2.22. The van der Waals surface area contributed by atoms with E-state index in [2.05, 4.69) is 44.0 Å². The molecule has 0 amide bonds. The van der Waals surface area contributed by atoms with Crippen LogP contribution in [0, 0.1) is 0 Å². The van der Waals surface area contributed by atoms with Gasteiger partial charge in [-0.2, -0.15) is 0 Å². The van der Waals surface area contributed by atoms with Crippen LogP contribution >= 0.6 is 0 Å². The average molecular weight is 242 g/mol. The molecule has 0 spiro atoms. The first-order valence-electron chi connectivity index (χ1n) is 6.87. The van der Waals surface area contributed by atoms with Crippen LogP contribution in [0.2, 0.25) is 0 Å². The summed E-state index contributed by atoms with van der Waals surface area (Å²) in [6, 6.07) is 6.98. The fraction of sp³-hybridized carbons (Fsp3) is 0.500. The molecule has 3 rings (SSSR count). The summed E-state index contributed by atoms with van der Waals surface area (Å²) in [5.74, 6) is 0. The van der Waals surface area contributed by atoms with Crippen LogP contribution in [-0.2, 0) is 11.8 Å². The van der Waals surface area contributed by atoms with Crippen LogP contribution in [0.15, 0.2) is 18.2 Å². The lowest BCUT2D eigenvalue weighted by Gasteiger charge is -2.20. The molecule has 0 fully saturated rings. The Morgan fingerprint density at radius 2 is 2.06 bits per heavy atom. The van der Waals surface area contributed by atoms with Gasteiger partial charge in [0.25, 0.3) is 0 Å². The van der Waals surface area contributed by atoms with Crippen molar-refractivity contribution in [1.29, 1.82) is 0 Å². The van der Waals surface area contributed by atoms with E-state index in [-0.39, 0.29) is 11.5 Å². The van der Waals surface area contributed by atoms with E-state index >= 15 is 0 Å². The molecule has 1 aliphatic rings. The largest absolute Gasteiger partial charge is 0.357 e. The Bertz CT molecular complexity index is 587. The quantitative estimate of drug-likeness (QED) is 0.725. The number of fused-ring (bicyclic) bond motifs is 3. The van der Waals surface area contributed by atoms with Crippen molar-refractivity contribution >= 4 is 10.9 Å². The topological polar surface area (TPSA) is 41.8 Å². The van der Waals surface area contributed by atoms with E-state index in [1.807, 2.05) is 0 Å². The minimum atomic E-state index is 0.194. The number of benzene rings is 1. The Kier molecular flexibility index (Phi) is 2.53. The molecule has 0 saturated heterocycles. The third kappa shape index (κ3) is 1.76. The SMILES string of the molecule is CC(C)(C)c1ccc2[nH]c3c(c2c1)CCCC3N. The first-order valence-corrected chi connectivity index (χ1v) is 6.87. The van der Waals surface area contributed by atoms with Gasteiger partial charge in [0, 0.05) is 22.6 Å². The lowest BCUT2D eigenvalue weighted by molar-refractivity contribution is 0.562. The Hall–Kier alpha value is -1.28. The van der Waals surface area contributed by atoms with Gasteiger partial charge in [-0.05, 0) is 47.9 Å². The monoisotopic (exact) mass is 242 g/mol. The fourth-order valence-corrected chi connectivity index (χ4v) is 2.96. The molecule has 2 heteroatoms. The van der Waals surface area contributed by atoms with E-state index in [1.54, 1.807) is 0 Å². The molecule has 0 saturated carbocycles. The maximum Gasteiger partial charge on any atom is 0.0459 e. The second-order valence-electron chi connectivity index (χ2n) is 6.53. The molecule has 1 atom stereocenters. The third-order valence-electron chi connectivity index (χ3n) is 4.12. The van der Waals surface area contributed by atoms with Crippen LogP contribution in [0.3, 0.4) is 0 Å². The zero-order valence-corrected chi connectivity index (χ0v) is 11.5. The average Bonchev–Trinajstić information content (AvgIpc) is 2.67. The molecule has 1 aromatic heterocycles. The highest BCUT2D eigenvalue weighted by molar-refractivity contribution is 5.86. The number of nitrogens with two attached hydrogens (primary N) is 1. The maximum atomic E-state index is 6.20. The van der Waals surface area contributed by atoms with Gasteiger partial charge in [0.05, 0.1) is 0 Å². The van der Waals surface area contributed by atoms with Crippen molar-refractivity contribution in [1.82, 2.24) is 4.98 Å². The van der Waals surface area contributed by atoms with Gasteiger partial charge in [-0.3, -0.25) is 0 Å². The molecule has 2 nitrogen and oxygen atoms in total. The van der Waals surface area contributed by atoms with Gasteiger partial charge in [0.1, 0.15) is 0 Å². The van der Waals surface area contributed by atoms with Crippen molar-refractivity contribution in [2.75, 3.05) is 0 Å². The number of hydrogen-bond donors (Lipinski definition) is 2. The normalized spacial score (nSPS) is 20.1. The molecular weight excluding hydrogens is 220 g/mol. The van der Waals surface area contributed by atoms with Crippen LogP contribution < -0.4 is 5.73 Å². The van der Waals surface area contributed by atoms with Gasteiger partial charge in [-0.1, -0.05) is 26.8 Å². The van der Waals surface area contributed by atoms with Gasteiger partial charge in [0.2, 0.25) is 0 Å². The zero-order valence-electron chi connectivity index (χ0n) is 11.5. The summed E-state index contributed by atoms with van der Waals surface area (Å²) in [5, 5.41) is 1.38. The molecule has 3 N–H and O–H groups in total. The van der Waals surface area contributed by atoms with Crippen LogP contribution in [-0.4, -0.2) is 4.98 Å². The summed E-state index contributed by atoms with van der Waals surface area (Å²) in [5.41, 5.74) is 11.8. The van der Waals surface area contributed by atoms with Crippen molar-refractivity contribution in [3.63, 3.8) is 0 Å². The van der Waals surface area contributed by atoms with E-state index in [4.69, 9.17) is 5.73 Å². The molecule has 1 unspecified atom stereocenters. The van der Waals surface area contributed by atoms with Gasteiger partial charge in [-0.15, -0.1) is 0 Å². The van der Waals surface area contributed by atoms with Gasteiger partial charge in [-0.25, -0.2) is 0 Å². The number of hydrogen-bond acceptors (Lipinski definition) is 1. The molecule has 1 aliphatic carbocycles. The van der Waals surface area contributed by atoms with Crippen LogP contribution in [0.5, 0.6) is 0 Å². The van der Waals surface area contributed by atoms with Crippen LogP contribution in [0.25, 0.3) is 10.9 Å². The summed E-state index contributed by atoms with van der Waals surface area (Å²) < 4.78 is 0. The van der Waals surface area contributed by atoms with Crippen molar-refractivity contribution in [2.45, 2.75) is 51.5 Å². The number of rotatable bonds is 0. The minimum Gasteiger partial charge on any atom is -0.357 e. The molecular formula is C16H22N2.